The van der Waals surface area contributed by atoms with E-state index in [-0.39, 0.29) is 29.6 Å². The van der Waals surface area contributed by atoms with Crippen molar-refractivity contribution >= 4 is 11.3 Å². The van der Waals surface area contributed by atoms with Crippen LogP contribution >= 0.6 is 11.3 Å². The van der Waals surface area contributed by atoms with Crippen LogP contribution in [0.25, 0.3) is 10.6 Å². The van der Waals surface area contributed by atoms with Crippen molar-refractivity contribution in [2.75, 3.05) is 0 Å². The van der Waals surface area contributed by atoms with Crippen LogP contribution in [-0.4, -0.2) is 4.98 Å². The summed E-state index contributed by atoms with van der Waals surface area (Å²) in [7, 11) is 0. The molecule has 0 aliphatic carbocycles. The maximum atomic E-state index is 4.20. The van der Waals surface area contributed by atoms with Crippen LogP contribution in [0.2, 0.25) is 0 Å². The summed E-state index contributed by atoms with van der Waals surface area (Å²) >= 11 is 1.66. The Morgan fingerprint density at radius 2 is 1.83 bits per heavy atom. The third-order valence-electron chi connectivity index (χ3n) is 1.45. The molecule has 0 aliphatic rings. The number of hydrogen-bond donors (Lipinski definition) is 0. The molecular formula is C9H7NNaS+. The molecular weight excluding hydrogens is 177 g/mol. The van der Waals surface area contributed by atoms with Crippen molar-refractivity contribution in [3.63, 3.8) is 0 Å². The molecule has 2 aromatic rings. The van der Waals surface area contributed by atoms with Crippen LogP contribution in [0.15, 0.2) is 41.9 Å². The Morgan fingerprint density at radius 1 is 1.08 bits per heavy atom. The van der Waals surface area contributed by atoms with Crippen molar-refractivity contribution < 1.29 is 29.6 Å². The summed E-state index contributed by atoms with van der Waals surface area (Å²) < 4.78 is 0. The normalized spacial score (nSPS) is 9.00. The van der Waals surface area contributed by atoms with Crippen LogP contribution in [0.3, 0.4) is 0 Å². The molecule has 1 nitrogen and oxygen atoms in total. The van der Waals surface area contributed by atoms with Crippen molar-refractivity contribution in [2.24, 2.45) is 0 Å². The van der Waals surface area contributed by atoms with E-state index in [2.05, 4.69) is 17.1 Å². The summed E-state index contributed by atoms with van der Waals surface area (Å²) in [6, 6.07) is 10.2. The fraction of sp³-hybridized carbons (Fsp3) is 0. The van der Waals surface area contributed by atoms with Gasteiger partial charge in [-0.3, -0.25) is 0 Å². The van der Waals surface area contributed by atoms with Gasteiger partial charge in [0.05, 0.1) is 0 Å². The van der Waals surface area contributed by atoms with Crippen molar-refractivity contribution in [2.45, 2.75) is 0 Å². The van der Waals surface area contributed by atoms with E-state index in [9.17, 15) is 0 Å². The second-order valence-electron chi connectivity index (χ2n) is 2.20. The number of hydrogen-bond acceptors (Lipinski definition) is 2. The number of rotatable bonds is 1. The summed E-state index contributed by atoms with van der Waals surface area (Å²) in [4.78, 5) is 4.20. The first-order valence-corrected chi connectivity index (χ1v) is 4.30. The smallest absolute Gasteiger partial charge is 0.245 e. The van der Waals surface area contributed by atoms with Crippen molar-refractivity contribution in [3.8, 4) is 10.6 Å². The third kappa shape index (κ3) is 2.17. The number of thiazole rings is 1. The fourth-order valence-corrected chi connectivity index (χ4v) is 1.59. The molecule has 0 N–H and O–H groups in total. The van der Waals surface area contributed by atoms with E-state index < -0.39 is 0 Å². The average Bonchev–Trinajstić information content (AvgIpc) is 2.58. The molecule has 0 atom stereocenters. The zero-order valence-corrected chi connectivity index (χ0v) is 9.71. The Labute approximate surface area is 97.8 Å². The van der Waals surface area contributed by atoms with Gasteiger partial charge in [-0.1, -0.05) is 30.3 Å². The van der Waals surface area contributed by atoms with Gasteiger partial charge in [0.2, 0.25) is 0 Å². The Balaban J connectivity index is 0.000000720. The van der Waals surface area contributed by atoms with E-state index in [1.165, 1.54) is 5.56 Å². The largest absolute Gasteiger partial charge is 1.00 e. The molecule has 12 heavy (non-hydrogen) atoms. The predicted molar refractivity (Wildman–Crippen MR) is 47.6 cm³/mol. The average molecular weight is 184 g/mol. The first-order valence-electron chi connectivity index (χ1n) is 3.42. The molecule has 54 valence electrons. The molecule has 0 unspecified atom stereocenters. The van der Waals surface area contributed by atoms with Crippen LogP contribution in [0.5, 0.6) is 0 Å². The van der Waals surface area contributed by atoms with E-state index in [0.717, 1.165) is 5.01 Å². The summed E-state index contributed by atoms with van der Waals surface area (Å²) in [6.07, 6.45) is 1.83. The molecule has 3 heteroatoms. The van der Waals surface area contributed by atoms with E-state index in [1.54, 1.807) is 11.3 Å². The molecule has 0 saturated carbocycles. The monoisotopic (exact) mass is 184 g/mol. The fourth-order valence-electron chi connectivity index (χ4n) is 0.947. The maximum absolute atomic E-state index is 4.20. The van der Waals surface area contributed by atoms with E-state index in [1.807, 2.05) is 29.8 Å². The van der Waals surface area contributed by atoms with E-state index in [4.69, 9.17) is 0 Å². The van der Waals surface area contributed by atoms with Gasteiger partial charge in [0.1, 0.15) is 5.01 Å². The van der Waals surface area contributed by atoms with Gasteiger partial charge in [-0.25, -0.2) is 4.98 Å². The zero-order chi connectivity index (χ0) is 7.52. The molecule has 0 spiro atoms. The van der Waals surface area contributed by atoms with E-state index in [0.29, 0.717) is 0 Å². The minimum absolute atomic E-state index is 0. The predicted octanol–water partition coefficient (Wildman–Crippen LogP) is -0.186. The molecule has 1 heterocycles. The first kappa shape index (κ1) is 9.93. The van der Waals surface area contributed by atoms with Crippen LogP contribution in [-0.2, 0) is 0 Å². The van der Waals surface area contributed by atoms with Gasteiger partial charge in [-0.05, 0) is 0 Å². The molecule has 0 saturated heterocycles. The summed E-state index contributed by atoms with van der Waals surface area (Å²) in [5.74, 6) is 0. The van der Waals surface area contributed by atoms with Crippen molar-refractivity contribution in [1.29, 1.82) is 0 Å². The second kappa shape index (κ2) is 4.77. The maximum Gasteiger partial charge on any atom is 1.00 e. The first-order chi connectivity index (χ1) is 5.47. The molecule has 0 fully saturated rings. The van der Waals surface area contributed by atoms with Gasteiger partial charge < -0.3 is 0 Å². The van der Waals surface area contributed by atoms with Gasteiger partial charge in [0.25, 0.3) is 0 Å². The Hall–Kier alpha value is -0.150. The second-order valence-corrected chi connectivity index (χ2v) is 3.10. The van der Waals surface area contributed by atoms with Crippen molar-refractivity contribution in [1.82, 2.24) is 4.98 Å². The molecule has 0 aliphatic heterocycles. The van der Waals surface area contributed by atoms with Gasteiger partial charge in [-0.15, -0.1) is 11.3 Å². The van der Waals surface area contributed by atoms with Crippen molar-refractivity contribution in [3.05, 3.63) is 41.9 Å². The van der Waals surface area contributed by atoms with Gasteiger partial charge in [0.15, 0.2) is 0 Å². The quantitative estimate of drug-likeness (QED) is 0.560. The molecule has 1 aromatic heterocycles. The zero-order valence-electron chi connectivity index (χ0n) is 6.90. The molecule has 2 rings (SSSR count). The summed E-state index contributed by atoms with van der Waals surface area (Å²) in [5.41, 5.74) is 1.20. The van der Waals surface area contributed by atoms with Gasteiger partial charge in [-0.2, -0.15) is 0 Å². The Morgan fingerprint density at radius 3 is 2.42 bits per heavy atom. The topological polar surface area (TPSA) is 12.9 Å². The Bertz CT molecular complexity index is 318. The standard InChI is InChI=1S/C9H7NS.Na/c1-2-4-8(5-3-1)9-10-6-7-11-9;/h1-7H;/q;+1. The van der Waals surface area contributed by atoms with Crippen LogP contribution in [0.1, 0.15) is 0 Å². The number of nitrogens with zero attached hydrogens (tertiary/aromatic N) is 1. The van der Waals surface area contributed by atoms with Crippen LogP contribution in [0, 0.1) is 0 Å². The summed E-state index contributed by atoms with van der Waals surface area (Å²) in [5, 5.41) is 3.08. The molecule has 0 radical (unpaired) electrons. The minimum Gasteiger partial charge on any atom is -0.245 e. The van der Waals surface area contributed by atoms with Gasteiger partial charge in [0, 0.05) is 17.1 Å². The van der Waals surface area contributed by atoms with Crippen LogP contribution < -0.4 is 29.6 Å². The Kier molecular flexibility index (Phi) is 3.95. The van der Waals surface area contributed by atoms with Crippen LogP contribution in [0.4, 0.5) is 0 Å². The van der Waals surface area contributed by atoms with Gasteiger partial charge >= 0.3 is 29.6 Å². The molecule has 0 bridgehead atoms. The summed E-state index contributed by atoms with van der Waals surface area (Å²) in [6.45, 7) is 0. The SMILES string of the molecule is [Na+].c1ccc(-c2nccs2)cc1. The molecule has 1 aromatic carbocycles. The molecule has 0 amide bonds. The third-order valence-corrected chi connectivity index (χ3v) is 2.28. The minimum atomic E-state index is 0. The number of benzene rings is 1. The number of aromatic nitrogens is 1. The van der Waals surface area contributed by atoms with E-state index >= 15 is 0 Å².